The standard InChI is InChI=1S/C34H42N4O5/c1-3-11-27(31(40)33(42)35-19-4-2)36-32(41)28-16-10-20-38(28)34(43)30(26-21-24-14-8-9-15-25(24)22-26)37-29(39)18-17-23-12-6-5-7-13-23/h4-9,12-15,26-28,30H,2-3,10-11,16-22H2,1H3,(H,35,42)(H,36,41)(H,37,39)/t27?,28-,30?/m0/s1. The lowest BCUT2D eigenvalue weighted by atomic mass is 9.94. The topological polar surface area (TPSA) is 125 Å². The van der Waals surface area contributed by atoms with E-state index in [1.54, 1.807) is 4.90 Å². The van der Waals surface area contributed by atoms with E-state index in [1.807, 2.05) is 49.4 Å². The van der Waals surface area contributed by atoms with Crippen molar-refractivity contribution in [1.29, 1.82) is 0 Å². The summed E-state index contributed by atoms with van der Waals surface area (Å²) in [6.07, 6.45) is 5.52. The first-order valence-electron chi connectivity index (χ1n) is 15.3. The van der Waals surface area contributed by atoms with Crippen LogP contribution in [0.2, 0.25) is 0 Å². The van der Waals surface area contributed by atoms with Crippen molar-refractivity contribution in [3.05, 3.63) is 83.9 Å². The number of nitrogens with one attached hydrogen (secondary N) is 3. The lowest BCUT2D eigenvalue weighted by molar-refractivity contribution is -0.144. The largest absolute Gasteiger partial charge is 0.346 e. The summed E-state index contributed by atoms with van der Waals surface area (Å²) in [5, 5.41) is 8.26. The first kappa shape index (κ1) is 31.7. The van der Waals surface area contributed by atoms with Gasteiger partial charge < -0.3 is 20.9 Å². The highest BCUT2D eigenvalue weighted by atomic mass is 16.2. The second-order valence-electron chi connectivity index (χ2n) is 11.4. The molecule has 4 rings (SSSR count). The number of rotatable bonds is 14. The number of benzene rings is 2. The maximum atomic E-state index is 14.2. The molecule has 0 radical (unpaired) electrons. The van der Waals surface area contributed by atoms with E-state index in [-0.39, 0.29) is 30.7 Å². The van der Waals surface area contributed by atoms with Gasteiger partial charge >= 0.3 is 0 Å². The summed E-state index contributed by atoms with van der Waals surface area (Å²) in [6, 6.07) is 15.2. The molecule has 2 aromatic rings. The first-order chi connectivity index (χ1) is 20.8. The van der Waals surface area contributed by atoms with Crippen LogP contribution < -0.4 is 16.0 Å². The number of likely N-dealkylation sites (tertiary alicyclic amines) is 1. The summed E-state index contributed by atoms with van der Waals surface area (Å²) in [5.41, 5.74) is 3.37. The summed E-state index contributed by atoms with van der Waals surface area (Å²) in [4.78, 5) is 67.5. The van der Waals surface area contributed by atoms with Gasteiger partial charge in [-0.25, -0.2) is 0 Å². The predicted molar refractivity (Wildman–Crippen MR) is 164 cm³/mol. The van der Waals surface area contributed by atoms with E-state index in [2.05, 4.69) is 34.7 Å². The van der Waals surface area contributed by atoms with Crippen LogP contribution in [0.4, 0.5) is 0 Å². The molecule has 3 N–H and O–H groups in total. The van der Waals surface area contributed by atoms with Gasteiger partial charge in [0.25, 0.3) is 5.91 Å². The summed E-state index contributed by atoms with van der Waals surface area (Å²) >= 11 is 0. The van der Waals surface area contributed by atoms with E-state index in [9.17, 15) is 24.0 Å². The molecule has 1 saturated heterocycles. The summed E-state index contributed by atoms with van der Waals surface area (Å²) < 4.78 is 0. The van der Waals surface area contributed by atoms with Crippen LogP contribution in [0.1, 0.15) is 55.7 Å². The van der Waals surface area contributed by atoms with Crippen LogP contribution in [0.5, 0.6) is 0 Å². The van der Waals surface area contributed by atoms with Crippen LogP contribution >= 0.6 is 0 Å². The molecule has 4 amide bonds. The Morgan fingerprint density at radius 3 is 2.30 bits per heavy atom. The highest BCUT2D eigenvalue weighted by Crippen LogP contribution is 2.31. The number of hydrogen-bond donors (Lipinski definition) is 3. The van der Waals surface area contributed by atoms with Gasteiger partial charge in [0.15, 0.2) is 0 Å². The maximum absolute atomic E-state index is 14.2. The molecule has 0 saturated carbocycles. The molecule has 2 aromatic carbocycles. The van der Waals surface area contributed by atoms with Crippen molar-refractivity contribution < 1.29 is 24.0 Å². The molecule has 0 aromatic heterocycles. The first-order valence-corrected chi connectivity index (χ1v) is 15.3. The monoisotopic (exact) mass is 586 g/mol. The highest BCUT2D eigenvalue weighted by Gasteiger charge is 2.42. The second kappa shape index (κ2) is 15.3. The molecule has 2 unspecified atom stereocenters. The molecule has 1 heterocycles. The van der Waals surface area contributed by atoms with Crippen molar-refractivity contribution >= 4 is 29.4 Å². The van der Waals surface area contributed by atoms with Crippen molar-refractivity contribution in [2.24, 2.45) is 5.92 Å². The number of amides is 4. The normalized spacial score (nSPS) is 17.4. The van der Waals surface area contributed by atoms with Gasteiger partial charge in [-0.2, -0.15) is 0 Å². The number of hydrogen-bond acceptors (Lipinski definition) is 5. The van der Waals surface area contributed by atoms with Crippen LogP contribution in [0.3, 0.4) is 0 Å². The molecular weight excluding hydrogens is 544 g/mol. The fourth-order valence-electron chi connectivity index (χ4n) is 6.08. The van der Waals surface area contributed by atoms with Gasteiger partial charge in [-0.3, -0.25) is 24.0 Å². The predicted octanol–water partition coefficient (Wildman–Crippen LogP) is 2.67. The van der Waals surface area contributed by atoms with Crippen LogP contribution in [0, 0.1) is 5.92 Å². The molecule has 0 bridgehead atoms. The van der Waals surface area contributed by atoms with Gasteiger partial charge in [0, 0.05) is 19.5 Å². The fourth-order valence-corrected chi connectivity index (χ4v) is 6.08. The second-order valence-corrected chi connectivity index (χ2v) is 11.4. The van der Waals surface area contributed by atoms with Crippen LogP contribution in [-0.2, 0) is 43.2 Å². The Balaban J connectivity index is 1.48. The zero-order valence-electron chi connectivity index (χ0n) is 24.8. The number of nitrogens with zero attached hydrogens (tertiary/aromatic N) is 1. The molecule has 1 aliphatic heterocycles. The molecule has 1 fully saturated rings. The van der Waals surface area contributed by atoms with Crippen LogP contribution in [0.15, 0.2) is 67.3 Å². The van der Waals surface area contributed by atoms with E-state index in [0.29, 0.717) is 51.5 Å². The Morgan fingerprint density at radius 1 is 0.977 bits per heavy atom. The van der Waals surface area contributed by atoms with E-state index in [4.69, 9.17) is 0 Å². The van der Waals surface area contributed by atoms with E-state index in [1.165, 1.54) is 6.08 Å². The lowest BCUT2D eigenvalue weighted by Gasteiger charge is -2.32. The summed E-state index contributed by atoms with van der Waals surface area (Å²) in [7, 11) is 0. The minimum atomic E-state index is -0.988. The Morgan fingerprint density at radius 2 is 1.65 bits per heavy atom. The van der Waals surface area contributed by atoms with Crippen molar-refractivity contribution in [3.8, 4) is 0 Å². The lowest BCUT2D eigenvalue weighted by Crippen LogP contribution is -2.58. The number of fused-ring (bicyclic) bond motifs is 1. The van der Waals surface area contributed by atoms with Crippen molar-refractivity contribution in [2.75, 3.05) is 13.1 Å². The zero-order valence-corrected chi connectivity index (χ0v) is 24.8. The van der Waals surface area contributed by atoms with Crippen LogP contribution in [0.25, 0.3) is 0 Å². The molecule has 43 heavy (non-hydrogen) atoms. The fraction of sp³-hybridized carbons (Fsp3) is 0.441. The SMILES string of the molecule is C=CCNC(=O)C(=O)C(CCC)NC(=O)[C@@H]1CCCN1C(=O)C(NC(=O)CCc1ccccc1)C1Cc2ccccc2C1. The Labute approximate surface area is 253 Å². The third kappa shape index (κ3) is 8.18. The molecule has 9 heteroatoms. The zero-order chi connectivity index (χ0) is 30.8. The number of carbonyl (C=O) groups excluding carboxylic acids is 5. The number of Topliss-reactive ketones (excluding diaryl/α,β-unsaturated/α-hetero) is 1. The highest BCUT2D eigenvalue weighted by molar-refractivity contribution is 6.38. The quantitative estimate of drug-likeness (QED) is 0.232. The third-order valence-corrected chi connectivity index (χ3v) is 8.30. The average Bonchev–Trinajstić information content (AvgIpc) is 3.69. The number of carbonyl (C=O) groups is 5. The van der Waals surface area contributed by atoms with Gasteiger partial charge in [-0.05, 0) is 61.1 Å². The van der Waals surface area contributed by atoms with Gasteiger partial charge in [0.1, 0.15) is 12.1 Å². The van der Waals surface area contributed by atoms with E-state index in [0.717, 1.165) is 16.7 Å². The molecule has 228 valence electrons. The Hall–Kier alpha value is -4.27. The van der Waals surface area contributed by atoms with Gasteiger partial charge in [-0.1, -0.05) is 74.0 Å². The number of aryl methyl sites for hydroxylation is 1. The maximum Gasteiger partial charge on any atom is 0.289 e. The minimum absolute atomic E-state index is 0.141. The third-order valence-electron chi connectivity index (χ3n) is 8.30. The van der Waals surface area contributed by atoms with Gasteiger partial charge in [0.2, 0.25) is 23.5 Å². The van der Waals surface area contributed by atoms with Gasteiger partial charge in [-0.15, -0.1) is 6.58 Å². The molecule has 3 atom stereocenters. The Kier molecular flexibility index (Phi) is 11.2. The minimum Gasteiger partial charge on any atom is -0.346 e. The summed E-state index contributed by atoms with van der Waals surface area (Å²) in [5.74, 6) is -2.60. The summed E-state index contributed by atoms with van der Waals surface area (Å²) in [6.45, 7) is 5.92. The van der Waals surface area contributed by atoms with Crippen molar-refractivity contribution in [3.63, 3.8) is 0 Å². The number of ketones is 1. The van der Waals surface area contributed by atoms with Gasteiger partial charge in [0.05, 0.1) is 6.04 Å². The molecule has 9 nitrogen and oxygen atoms in total. The Bertz CT molecular complexity index is 1300. The smallest absolute Gasteiger partial charge is 0.289 e. The molecule has 1 aliphatic carbocycles. The van der Waals surface area contributed by atoms with Crippen LogP contribution in [-0.4, -0.2) is 65.5 Å². The van der Waals surface area contributed by atoms with Crippen molar-refractivity contribution in [2.45, 2.75) is 76.4 Å². The average molecular weight is 587 g/mol. The molecular formula is C34H42N4O5. The van der Waals surface area contributed by atoms with E-state index >= 15 is 0 Å². The molecule has 0 spiro atoms. The van der Waals surface area contributed by atoms with E-state index < -0.39 is 35.7 Å². The van der Waals surface area contributed by atoms with Crippen molar-refractivity contribution in [1.82, 2.24) is 20.9 Å². The molecule has 2 aliphatic rings.